The standard InChI is InChI=1S/C22H20N4O3S/c27-20(23-13-15-28-18-10-5-2-6-11-18)16-30-22-25-24-21(19-12-7-14-29-19)26(22)17-8-3-1-4-9-17/h1-12,14H,13,15-16H2,(H,23,27). The van der Waals surface area contributed by atoms with E-state index in [4.69, 9.17) is 9.15 Å². The molecular weight excluding hydrogens is 400 g/mol. The summed E-state index contributed by atoms with van der Waals surface area (Å²) in [6, 6.07) is 22.9. The normalized spacial score (nSPS) is 10.7. The molecular formula is C22H20N4O3S. The number of aromatic nitrogens is 3. The third kappa shape index (κ3) is 4.90. The number of thioether (sulfide) groups is 1. The van der Waals surface area contributed by atoms with Crippen LogP contribution in [0.1, 0.15) is 0 Å². The summed E-state index contributed by atoms with van der Waals surface area (Å²) in [5.74, 6) is 2.10. The van der Waals surface area contributed by atoms with Gasteiger partial charge < -0.3 is 14.5 Å². The topological polar surface area (TPSA) is 82.2 Å². The average Bonchev–Trinajstić information content (AvgIpc) is 3.46. The summed E-state index contributed by atoms with van der Waals surface area (Å²) in [6.45, 7) is 0.834. The zero-order valence-corrected chi connectivity index (χ0v) is 16.9. The lowest BCUT2D eigenvalue weighted by molar-refractivity contribution is -0.118. The first kappa shape index (κ1) is 19.8. The maximum absolute atomic E-state index is 12.2. The molecule has 0 aliphatic heterocycles. The highest BCUT2D eigenvalue weighted by molar-refractivity contribution is 7.99. The molecule has 0 unspecified atom stereocenters. The van der Waals surface area contributed by atoms with Gasteiger partial charge in [0.2, 0.25) is 11.7 Å². The molecule has 1 amide bonds. The van der Waals surface area contributed by atoms with Gasteiger partial charge in [-0.2, -0.15) is 0 Å². The lowest BCUT2D eigenvalue weighted by Gasteiger charge is -2.09. The van der Waals surface area contributed by atoms with Crippen molar-refractivity contribution in [1.29, 1.82) is 0 Å². The Morgan fingerprint density at radius 1 is 1.00 bits per heavy atom. The van der Waals surface area contributed by atoms with E-state index in [0.29, 0.717) is 29.9 Å². The fourth-order valence-electron chi connectivity index (χ4n) is 2.80. The Labute approximate surface area is 178 Å². The molecule has 0 aliphatic carbocycles. The van der Waals surface area contributed by atoms with Crippen molar-refractivity contribution in [3.05, 3.63) is 79.1 Å². The Kier molecular flexibility index (Phi) is 6.46. The number of carbonyl (C=O) groups excluding carboxylic acids is 1. The maximum Gasteiger partial charge on any atom is 0.230 e. The number of nitrogens with one attached hydrogen (secondary N) is 1. The first-order chi connectivity index (χ1) is 14.8. The third-order valence-corrected chi connectivity index (χ3v) is 5.09. The van der Waals surface area contributed by atoms with E-state index >= 15 is 0 Å². The predicted molar refractivity (Wildman–Crippen MR) is 115 cm³/mol. The minimum atomic E-state index is -0.0983. The molecule has 8 heteroatoms. The molecule has 0 bridgehead atoms. The van der Waals surface area contributed by atoms with Crippen molar-refractivity contribution in [2.24, 2.45) is 0 Å². The number of furan rings is 1. The molecule has 0 saturated heterocycles. The van der Waals surface area contributed by atoms with Crippen molar-refractivity contribution >= 4 is 17.7 Å². The molecule has 4 rings (SSSR count). The number of benzene rings is 2. The molecule has 0 spiro atoms. The van der Waals surface area contributed by atoms with E-state index in [1.54, 1.807) is 12.3 Å². The first-order valence-corrected chi connectivity index (χ1v) is 10.4. The van der Waals surface area contributed by atoms with Crippen molar-refractivity contribution in [3.63, 3.8) is 0 Å². The number of amides is 1. The molecule has 2 aromatic carbocycles. The predicted octanol–water partition coefficient (Wildman–Crippen LogP) is 3.81. The number of hydrogen-bond acceptors (Lipinski definition) is 6. The van der Waals surface area contributed by atoms with Gasteiger partial charge in [0.15, 0.2) is 10.9 Å². The van der Waals surface area contributed by atoms with Gasteiger partial charge in [-0.15, -0.1) is 10.2 Å². The quantitative estimate of drug-likeness (QED) is 0.327. The Morgan fingerprint density at radius 3 is 2.50 bits per heavy atom. The highest BCUT2D eigenvalue weighted by Crippen LogP contribution is 2.28. The van der Waals surface area contributed by atoms with Crippen molar-refractivity contribution in [3.8, 4) is 23.0 Å². The van der Waals surface area contributed by atoms with Gasteiger partial charge in [-0.05, 0) is 36.4 Å². The second kappa shape index (κ2) is 9.80. The first-order valence-electron chi connectivity index (χ1n) is 9.43. The van der Waals surface area contributed by atoms with Crippen LogP contribution >= 0.6 is 11.8 Å². The SMILES string of the molecule is O=C(CSc1nnc(-c2ccco2)n1-c1ccccc1)NCCOc1ccccc1. The minimum Gasteiger partial charge on any atom is -0.492 e. The number of nitrogens with zero attached hydrogens (tertiary/aromatic N) is 3. The number of ether oxygens (including phenoxy) is 1. The van der Waals surface area contributed by atoms with Crippen LogP contribution in [0.3, 0.4) is 0 Å². The van der Waals surface area contributed by atoms with E-state index in [9.17, 15) is 4.79 Å². The summed E-state index contributed by atoms with van der Waals surface area (Å²) >= 11 is 1.32. The number of carbonyl (C=O) groups is 1. The van der Waals surface area contributed by atoms with Crippen LogP contribution in [0.2, 0.25) is 0 Å². The van der Waals surface area contributed by atoms with Gasteiger partial charge in [-0.1, -0.05) is 48.2 Å². The van der Waals surface area contributed by atoms with Crippen molar-refractivity contribution < 1.29 is 13.9 Å². The Hall–Kier alpha value is -3.52. The summed E-state index contributed by atoms with van der Waals surface area (Å²) in [6.07, 6.45) is 1.59. The van der Waals surface area contributed by atoms with Crippen molar-refractivity contribution in [2.45, 2.75) is 5.16 Å². The highest BCUT2D eigenvalue weighted by Gasteiger charge is 2.18. The summed E-state index contributed by atoms with van der Waals surface area (Å²) in [5.41, 5.74) is 0.896. The van der Waals surface area contributed by atoms with Gasteiger partial charge in [-0.25, -0.2) is 0 Å². The van der Waals surface area contributed by atoms with E-state index in [1.165, 1.54) is 11.8 Å². The molecule has 4 aromatic rings. The maximum atomic E-state index is 12.2. The molecule has 2 heterocycles. The lowest BCUT2D eigenvalue weighted by atomic mass is 10.3. The van der Waals surface area contributed by atoms with Crippen LogP contribution in [-0.4, -0.2) is 39.6 Å². The molecule has 0 aliphatic rings. The van der Waals surface area contributed by atoms with Gasteiger partial charge in [0.05, 0.1) is 18.6 Å². The molecule has 0 fully saturated rings. The van der Waals surface area contributed by atoms with Crippen molar-refractivity contribution in [2.75, 3.05) is 18.9 Å². The van der Waals surface area contributed by atoms with Crippen LogP contribution in [0.15, 0.2) is 88.6 Å². The van der Waals surface area contributed by atoms with Crippen LogP contribution in [0.5, 0.6) is 5.75 Å². The monoisotopic (exact) mass is 420 g/mol. The van der Waals surface area contributed by atoms with Gasteiger partial charge in [0.25, 0.3) is 0 Å². The smallest absolute Gasteiger partial charge is 0.230 e. The summed E-state index contributed by atoms with van der Waals surface area (Å²) in [5, 5.41) is 12.0. The summed E-state index contributed by atoms with van der Waals surface area (Å²) < 4.78 is 13.0. The minimum absolute atomic E-state index is 0.0983. The van der Waals surface area contributed by atoms with E-state index in [-0.39, 0.29) is 11.7 Å². The van der Waals surface area contributed by atoms with Gasteiger partial charge in [0.1, 0.15) is 12.4 Å². The average molecular weight is 420 g/mol. The number of rotatable bonds is 9. The van der Waals surface area contributed by atoms with Gasteiger partial charge in [0, 0.05) is 5.69 Å². The zero-order chi connectivity index (χ0) is 20.6. The fourth-order valence-corrected chi connectivity index (χ4v) is 3.58. The second-order valence-corrected chi connectivity index (χ2v) is 7.20. The Morgan fingerprint density at radius 2 is 1.77 bits per heavy atom. The summed E-state index contributed by atoms with van der Waals surface area (Å²) in [4.78, 5) is 12.2. The van der Waals surface area contributed by atoms with E-state index in [0.717, 1.165) is 11.4 Å². The highest BCUT2D eigenvalue weighted by atomic mass is 32.2. The summed E-state index contributed by atoms with van der Waals surface area (Å²) in [7, 11) is 0. The van der Waals surface area contributed by atoms with Crippen LogP contribution in [-0.2, 0) is 4.79 Å². The van der Waals surface area contributed by atoms with Crippen LogP contribution < -0.4 is 10.1 Å². The lowest BCUT2D eigenvalue weighted by Crippen LogP contribution is -2.29. The van der Waals surface area contributed by atoms with Crippen LogP contribution in [0, 0.1) is 0 Å². The molecule has 0 saturated carbocycles. The molecule has 2 aromatic heterocycles. The molecule has 1 N–H and O–H groups in total. The number of para-hydroxylation sites is 2. The van der Waals surface area contributed by atoms with E-state index in [1.807, 2.05) is 71.3 Å². The Balaban J connectivity index is 1.37. The van der Waals surface area contributed by atoms with E-state index < -0.39 is 0 Å². The van der Waals surface area contributed by atoms with Crippen LogP contribution in [0.4, 0.5) is 0 Å². The molecule has 152 valence electrons. The molecule has 30 heavy (non-hydrogen) atoms. The largest absolute Gasteiger partial charge is 0.492 e. The van der Waals surface area contributed by atoms with Gasteiger partial charge in [-0.3, -0.25) is 9.36 Å². The van der Waals surface area contributed by atoms with Crippen LogP contribution in [0.25, 0.3) is 17.3 Å². The zero-order valence-electron chi connectivity index (χ0n) is 16.1. The number of hydrogen-bond donors (Lipinski definition) is 1. The molecule has 0 atom stereocenters. The van der Waals surface area contributed by atoms with Gasteiger partial charge >= 0.3 is 0 Å². The van der Waals surface area contributed by atoms with Crippen molar-refractivity contribution in [1.82, 2.24) is 20.1 Å². The fraction of sp³-hybridized carbons (Fsp3) is 0.136. The van der Waals surface area contributed by atoms with E-state index in [2.05, 4.69) is 15.5 Å². The third-order valence-electron chi connectivity index (χ3n) is 4.16. The molecule has 7 nitrogen and oxygen atoms in total. The molecule has 0 radical (unpaired) electrons. The Bertz CT molecular complexity index is 1070. The second-order valence-electron chi connectivity index (χ2n) is 6.25.